The van der Waals surface area contributed by atoms with Crippen LogP contribution in [0.25, 0.3) is 0 Å². The Morgan fingerprint density at radius 2 is 1.92 bits per heavy atom. The number of aromatic nitrogens is 2. The van der Waals surface area contributed by atoms with Gasteiger partial charge in [0.05, 0.1) is 12.1 Å². The van der Waals surface area contributed by atoms with Gasteiger partial charge in [0.1, 0.15) is 5.69 Å². The fraction of sp³-hybridized carbons (Fsp3) is 0.412. The minimum atomic E-state index is -1.18. The summed E-state index contributed by atoms with van der Waals surface area (Å²) in [6.45, 7) is 7.52. The van der Waals surface area contributed by atoms with Gasteiger partial charge in [-0.3, -0.25) is 9.89 Å². The number of aliphatic hydroxyl groups excluding tert-OH is 1. The molecule has 0 saturated carbocycles. The molecule has 0 bridgehead atoms. The fourth-order valence-electron chi connectivity index (χ4n) is 2.17. The van der Waals surface area contributed by atoms with Gasteiger partial charge in [-0.05, 0) is 30.7 Å². The molecule has 1 amide bonds. The molecule has 1 heterocycles. The number of rotatable bonds is 4. The van der Waals surface area contributed by atoms with Crippen molar-refractivity contribution in [2.24, 2.45) is 0 Å². The number of hydrogen-bond donors (Lipinski definition) is 3. The van der Waals surface area contributed by atoms with E-state index in [1.807, 2.05) is 20.8 Å². The fourth-order valence-corrected chi connectivity index (χ4v) is 2.17. The zero-order valence-electron chi connectivity index (χ0n) is 14.0. The van der Waals surface area contributed by atoms with Gasteiger partial charge < -0.3 is 10.4 Å². The Hall–Kier alpha value is -2.28. The Morgan fingerprint density at radius 1 is 1.25 bits per heavy atom. The molecule has 24 heavy (non-hydrogen) atoms. The van der Waals surface area contributed by atoms with E-state index in [1.165, 1.54) is 6.07 Å². The third kappa shape index (κ3) is 3.97. The van der Waals surface area contributed by atoms with Crippen LogP contribution >= 0.6 is 0 Å². The number of nitrogens with zero attached hydrogens (tertiary/aromatic N) is 1. The molecule has 1 aromatic heterocycles. The van der Waals surface area contributed by atoms with Crippen molar-refractivity contribution in [1.29, 1.82) is 0 Å². The highest BCUT2D eigenvalue weighted by molar-refractivity contribution is 5.92. The Balaban J connectivity index is 2.07. The minimum absolute atomic E-state index is 0.178. The van der Waals surface area contributed by atoms with Gasteiger partial charge in [-0.25, -0.2) is 8.78 Å². The largest absolute Gasteiger partial charge is 0.386 e. The van der Waals surface area contributed by atoms with Crippen LogP contribution in [0.1, 0.15) is 55.5 Å². The molecule has 3 N–H and O–H groups in total. The highest BCUT2D eigenvalue weighted by atomic mass is 19.2. The van der Waals surface area contributed by atoms with Crippen molar-refractivity contribution < 1.29 is 18.7 Å². The van der Waals surface area contributed by atoms with Crippen LogP contribution in [0.4, 0.5) is 8.78 Å². The maximum absolute atomic E-state index is 13.3. The van der Waals surface area contributed by atoms with E-state index in [9.17, 15) is 18.7 Å². The van der Waals surface area contributed by atoms with Crippen LogP contribution < -0.4 is 5.32 Å². The van der Waals surface area contributed by atoms with Gasteiger partial charge in [-0.1, -0.05) is 26.8 Å². The van der Waals surface area contributed by atoms with E-state index in [-0.39, 0.29) is 16.7 Å². The highest BCUT2D eigenvalue weighted by Gasteiger charge is 2.23. The molecule has 7 heteroatoms. The maximum Gasteiger partial charge on any atom is 0.272 e. The first-order valence-electron chi connectivity index (χ1n) is 7.59. The first kappa shape index (κ1) is 18.1. The zero-order chi connectivity index (χ0) is 18.1. The summed E-state index contributed by atoms with van der Waals surface area (Å²) in [7, 11) is 0. The third-order valence-corrected chi connectivity index (χ3v) is 3.74. The van der Waals surface area contributed by atoms with Crippen molar-refractivity contribution >= 4 is 5.91 Å². The summed E-state index contributed by atoms with van der Waals surface area (Å²) in [6.07, 6.45) is -1.18. The van der Waals surface area contributed by atoms with Gasteiger partial charge in [0, 0.05) is 11.1 Å². The zero-order valence-corrected chi connectivity index (χ0v) is 14.0. The molecule has 0 aliphatic heterocycles. The van der Waals surface area contributed by atoms with E-state index in [1.54, 1.807) is 13.0 Å². The molecule has 130 valence electrons. The third-order valence-electron chi connectivity index (χ3n) is 3.74. The lowest BCUT2D eigenvalue weighted by molar-refractivity contribution is 0.0846. The summed E-state index contributed by atoms with van der Waals surface area (Å²) in [5, 5.41) is 19.6. The first-order valence-corrected chi connectivity index (χ1v) is 7.59. The predicted octanol–water partition coefficient (Wildman–Crippen LogP) is 2.84. The molecule has 2 rings (SSSR count). The number of aliphatic hydroxyl groups is 1. The number of nitrogens with one attached hydrogen (secondary N) is 2. The van der Waals surface area contributed by atoms with Gasteiger partial charge in [0.2, 0.25) is 0 Å². The van der Waals surface area contributed by atoms with E-state index in [2.05, 4.69) is 15.5 Å². The lowest BCUT2D eigenvalue weighted by Crippen LogP contribution is -2.37. The van der Waals surface area contributed by atoms with Crippen molar-refractivity contribution in [2.45, 2.75) is 45.3 Å². The predicted molar refractivity (Wildman–Crippen MR) is 85.5 cm³/mol. The monoisotopic (exact) mass is 337 g/mol. The molecule has 0 aliphatic carbocycles. The molecule has 0 saturated heterocycles. The van der Waals surface area contributed by atoms with Crippen molar-refractivity contribution in [3.8, 4) is 0 Å². The van der Waals surface area contributed by atoms with Crippen molar-refractivity contribution in [2.75, 3.05) is 0 Å². The lowest BCUT2D eigenvalue weighted by atomic mass is 9.92. The van der Waals surface area contributed by atoms with Crippen LogP contribution in [0.3, 0.4) is 0 Å². The van der Waals surface area contributed by atoms with Gasteiger partial charge in [0.25, 0.3) is 5.91 Å². The van der Waals surface area contributed by atoms with Crippen molar-refractivity contribution in [3.05, 3.63) is 52.9 Å². The van der Waals surface area contributed by atoms with E-state index < -0.39 is 29.7 Å². The van der Waals surface area contributed by atoms with E-state index in [4.69, 9.17) is 0 Å². The van der Waals surface area contributed by atoms with Crippen LogP contribution in [0.15, 0.2) is 24.3 Å². The molecule has 1 aromatic carbocycles. The summed E-state index contributed by atoms with van der Waals surface area (Å²) in [5.74, 6) is -2.50. The molecule has 0 aliphatic rings. The second kappa shape index (κ2) is 6.68. The lowest BCUT2D eigenvalue weighted by Gasteiger charge is -2.20. The second-order valence-corrected chi connectivity index (χ2v) is 6.80. The standard InChI is InChI=1S/C17H21F2N3O2/c1-9(15(23)10-5-6-11(18)12(19)7-10)20-16(24)13-8-14(22-21-13)17(2,3)4/h5-9,15,23H,1-4H3,(H,20,24)(H,21,22). The Labute approximate surface area is 139 Å². The van der Waals surface area contributed by atoms with E-state index in [0.29, 0.717) is 0 Å². The van der Waals surface area contributed by atoms with Gasteiger partial charge >= 0.3 is 0 Å². The van der Waals surface area contributed by atoms with Crippen molar-refractivity contribution in [3.63, 3.8) is 0 Å². The number of hydrogen-bond acceptors (Lipinski definition) is 3. The number of aromatic amines is 1. The summed E-state index contributed by atoms with van der Waals surface area (Å²) >= 11 is 0. The molecular formula is C17H21F2N3O2. The second-order valence-electron chi connectivity index (χ2n) is 6.80. The van der Waals surface area contributed by atoms with Gasteiger partial charge in [0.15, 0.2) is 11.6 Å². The maximum atomic E-state index is 13.3. The Bertz CT molecular complexity index is 738. The van der Waals surface area contributed by atoms with Crippen LogP contribution in [0, 0.1) is 11.6 Å². The summed E-state index contributed by atoms with van der Waals surface area (Å²) in [5.41, 5.74) is 1.01. The smallest absolute Gasteiger partial charge is 0.272 e. The summed E-state index contributed by atoms with van der Waals surface area (Å²) in [6, 6.07) is 4.06. The van der Waals surface area contributed by atoms with E-state index in [0.717, 1.165) is 17.8 Å². The number of benzene rings is 1. The SMILES string of the molecule is CC(NC(=O)c1cc(C(C)(C)C)[nH]n1)C(O)c1ccc(F)c(F)c1. The van der Waals surface area contributed by atoms with Crippen molar-refractivity contribution in [1.82, 2.24) is 15.5 Å². The highest BCUT2D eigenvalue weighted by Crippen LogP contribution is 2.21. The topological polar surface area (TPSA) is 78.0 Å². The number of carbonyl (C=O) groups is 1. The molecular weight excluding hydrogens is 316 g/mol. The molecule has 2 aromatic rings. The summed E-state index contributed by atoms with van der Waals surface area (Å²) in [4.78, 5) is 12.2. The molecule has 0 spiro atoms. The molecule has 0 fully saturated rings. The number of carbonyl (C=O) groups excluding carboxylic acids is 1. The average Bonchev–Trinajstić information content (AvgIpc) is 2.99. The van der Waals surface area contributed by atoms with Gasteiger partial charge in [-0.2, -0.15) is 5.10 Å². The Morgan fingerprint density at radius 3 is 2.46 bits per heavy atom. The first-order chi connectivity index (χ1) is 11.1. The Kier molecular flexibility index (Phi) is 5.03. The molecule has 5 nitrogen and oxygen atoms in total. The van der Waals surface area contributed by atoms with Crippen LogP contribution in [0.2, 0.25) is 0 Å². The number of amides is 1. The number of halogens is 2. The normalized spacial score (nSPS) is 14.3. The van der Waals surface area contributed by atoms with Gasteiger partial charge in [-0.15, -0.1) is 0 Å². The molecule has 2 atom stereocenters. The molecule has 2 unspecified atom stereocenters. The van der Waals surface area contributed by atoms with Crippen LogP contribution in [-0.2, 0) is 5.41 Å². The van der Waals surface area contributed by atoms with Crippen LogP contribution in [0.5, 0.6) is 0 Å². The molecule has 0 radical (unpaired) electrons. The van der Waals surface area contributed by atoms with Crippen LogP contribution in [-0.4, -0.2) is 27.3 Å². The minimum Gasteiger partial charge on any atom is -0.386 e. The summed E-state index contributed by atoms with van der Waals surface area (Å²) < 4.78 is 26.2. The van der Waals surface area contributed by atoms with E-state index >= 15 is 0 Å². The quantitative estimate of drug-likeness (QED) is 0.803. The number of H-pyrrole nitrogens is 1. The average molecular weight is 337 g/mol.